The molecule has 1 fully saturated rings. The molecule has 0 aliphatic carbocycles. The second kappa shape index (κ2) is 7.28. The van der Waals surface area contributed by atoms with Crippen molar-refractivity contribution < 1.29 is 4.74 Å². The molecule has 2 heterocycles. The van der Waals surface area contributed by atoms with E-state index in [1.165, 1.54) is 19.5 Å². The minimum Gasteiger partial charge on any atom is -0.385 e. The van der Waals surface area contributed by atoms with E-state index in [0.717, 1.165) is 32.1 Å². The fraction of sp³-hybridized carbons (Fsp3) is 0.692. The smallest absolute Gasteiger partial charge is 0.222 e. The summed E-state index contributed by atoms with van der Waals surface area (Å²) in [5, 5.41) is 3.30. The molecule has 5 heteroatoms. The van der Waals surface area contributed by atoms with Crippen LogP contribution in [0.5, 0.6) is 0 Å². The Balaban J connectivity index is 1.64. The van der Waals surface area contributed by atoms with Crippen LogP contribution in [0.1, 0.15) is 12.8 Å². The Morgan fingerprint density at radius 2 is 2.28 bits per heavy atom. The molecule has 2 rings (SSSR count). The van der Waals surface area contributed by atoms with Crippen LogP contribution in [0, 0.1) is 5.92 Å². The first kappa shape index (κ1) is 13.2. The standard InChI is InChI=1S/C13H22N4O/c1-18-9-3-7-17-8-4-12(11-17)10-16-13-14-5-2-6-15-13/h2,5-6,12H,3-4,7-11H2,1H3,(H,14,15,16)/t12-/m0/s1. The van der Waals surface area contributed by atoms with Crippen molar-refractivity contribution in [1.29, 1.82) is 0 Å². The monoisotopic (exact) mass is 250 g/mol. The normalized spacial score (nSPS) is 20.2. The summed E-state index contributed by atoms with van der Waals surface area (Å²) in [5.74, 6) is 1.44. The predicted molar refractivity (Wildman–Crippen MR) is 71.6 cm³/mol. The van der Waals surface area contributed by atoms with Gasteiger partial charge in [0.05, 0.1) is 0 Å². The zero-order chi connectivity index (χ0) is 12.6. The number of aromatic nitrogens is 2. The second-order valence-electron chi connectivity index (χ2n) is 4.75. The molecule has 0 radical (unpaired) electrons. The second-order valence-corrected chi connectivity index (χ2v) is 4.75. The van der Waals surface area contributed by atoms with E-state index in [2.05, 4.69) is 20.2 Å². The maximum Gasteiger partial charge on any atom is 0.222 e. The number of anilines is 1. The van der Waals surface area contributed by atoms with Gasteiger partial charge in [-0.2, -0.15) is 0 Å². The van der Waals surface area contributed by atoms with Crippen molar-refractivity contribution in [3.8, 4) is 0 Å². The van der Waals surface area contributed by atoms with E-state index in [9.17, 15) is 0 Å². The summed E-state index contributed by atoms with van der Waals surface area (Å²) in [4.78, 5) is 10.8. The number of nitrogens with one attached hydrogen (secondary N) is 1. The number of hydrogen-bond acceptors (Lipinski definition) is 5. The fourth-order valence-corrected chi connectivity index (χ4v) is 2.34. The Morgan fingerprint density at radius 3 is 3.06 bits per heavy atom. The summed E-state index contributed by atoms with van der Waals surface area (Å²) in [6.07, 6.45) is 5.91. The molecule has 1 aliphatic rings. The molecule has 0 aromatic carbocycles. The van der Waals surface area contributed by atoms with E-state index in [-0.39, 0.29) is 0 Å². The lowest BCUT2D eigenvalue weighted by atomic mass is 10.1. The molecule has 1 saturated heterocycles. The molecule has 1 N–H and O–H groups in total. The van der Waals surface area contributed by atoms with Gasteiger partial charge in [-0.25, -0.2) is 9.97 Å². The highest BCUT2D eigenvalue weighted by molar-refractivity contribution is 5.22. The van der Waals surface area contributed by atoms with Crippen LogP contribution in [0.2, 0.25) is 0 Å². The molecule has 0 unspecified atom stereocenters. The quantitative estimate of drug-likeness (QED) is 0.738. The van der Waals surface area contributed by atoms with Crippen LogP contribution in [-0.2, 0) is 4.74 Å². The van der Waals surface area contributed by atoms with Gasteiger partial charge >= 0.3 is 0 Å². The average Bonchev–Trinajstić information content (AvgIpc) is 2.86. The summed E-state index contributed by atoms with van der Waals surface area (Å²) < 4.78 is 5.08. The highest BCUT2D eigenvalue weighted by Gasteiger charge is 2.21. The number of nitrogens with zero attached hydrogens (tertiary/aromatic N) is 3. The lowest BCUT2D eigenvalue weighted by Crippen LogP contribution is -2.25. The Morgan fingerprint density at radius 1 is 1.44 bits per heavy atom. The van der Waals surface area contributed by atoms with Crippen molar-refractivity contribution in [3.05, 3.63) is 18.5 Å². The topological polar surface area (TPSA) is 50.3 Å². The predicted octanol–water partition coefficient (Wildman–Crippen LogP) is 1.25. The molecule has 0 amide bonds. The number of likely N-dealkylation sites (tertiary alicyclic amines) is 1. The third kappa shape index (κ3) is 4.23. The van der Waals surface area contributed by atoms with Crippen molar-refractivity contribution >= 4 is 5.95 Å². The van der Waals surface area contributed by atoms with Crippen molar-refractivity contribution in [2.24, 2.45) is 5.92 Å². The van der Waals surface area contributed by atoms with Gasteiger partial charge in [-0.3, -0.25) is 0 Å². The lowest BCUT2D eigenvalue weighted by molar-refractivity contribution is 0.178. The highest BCUT2D eigenvalue weighted by Crippen LogP contribution is 2.16. The molecule has 0 spiro atoms. The van der Waals surface area contributed by atoms with Crippen molar-refractivity contribution in [3.63, 3.8) is 0 Å². The van der Waals surface area contributed by atoms with E-state index in [4.69, 9.17) is 4.74 Å². The fourth-order valence-electron chi connectivity index (χ4n) is 2.34. The number of ether oxygens (including phenoxy) is 1. The maximum atomic E-state index is 5.08. The molecule has 18 heavy (non-hydrogen) atoms. The summed E-state index contributed by atoms with van der Waals surface area (Å²) in [6, 6.07) is 1.83. The van der Waals surface area contributed by atoms with Crippen LogP contribution in [0.3, 0.4) is 0 Å². The number of methoxy groups -OCH3 is 1. The molecule has 5 nitrogen and oxygen atoms in total. The first-order chi connectivity index (χ1) is 8.88. The largest absolute Gasteiger partial charge is 0.385 e. The zero-order valence-corrected chi connectivity index (χ0v) is 11.0. The Kier molecular flexibility index (Phi) is 5.36. The maximum absolute atomic E-state index is 5.08. The van der Waals surface area contributed by atoms with Crippen LogP contribution in [0.15, 0.2) is 18.5 Å². The summed E-state index contributed by atoms with van der Waals surface area (Å²) in [5.41, 5.74) is 0. The van der Waals surface area contributed by atoms with Crippen LogP contribution in [0.4, 0.5) is 5.95 Å². The van der Waals surface area contributed by atoms with Crippen LogP contribution in [-0.4, -0.2) is 54.8 Å². The van der Waals surface area contributed by atoms with Gasteiger partial charge in [-0.1, -0.05) is 0 Å². The number of hydrogen-bond donors (Lipinski definition) is 1. The Hall–Kier alpha value is -1.20. The van der Waals surface area contributed by atoms with Crippen LogP contribution in [0.25, 0.3) is 0 Å². The first-order valence-electron chi connectivity index (χ1n) is 6.60. The molecule has 1 aromatic heterocycles. The van der Waals surface area contributed by atoms with Crippen LogP contribution < -0.4 is 5.32 Å². The molecule has 100 valence electrons. The Bertz CT molecular complexity index is 333. The van der Waals surface area contributed by atoms with Gasteiger partial charge in [-0.15, -0.1) is 0 Å². The first-order valence-corrected chi connectivity index (χ1v) is 6.60. The van der Waals surface area contributed by atoms with E-state index >= 15 is 0 Å². The molecular weight excluding hydrogens is 228 g/mol. The zero-order valence-electron chi connectivity index (χ0n) is 11.0. The summed E-state index contributed by atoms with van der Waals surface area (Å²) in [6.45, 7) is 5.34. The minimum absolute atomic E-state index is 0.705. The van der Waals surface area contributed by atoms with Gasteiger partial charge in [0.25, 0.3) is 0 Å². The minimum atomic E-state index is 0.705. The van der Waals surface area contributed by atoms with Gasteiger partial charge < -0.3 is 15.0 Å². The summed E-state index contributed by atoms with van der Waals surface area (Å²) >= 11 is 0. The van der Waals surface area contributed by atoms with E-state index in [1.54, 1.807) is 19.5 Å². The average molecular weight is 250 g/mol. The third-order valence-corrected chi connectivity index (χ3v) is 3.31. The summed E-state index contributed by atoms with van der Waals surface area (Å²) in [7, 11) is 1.76. The van der Waals surface area contributed by atoms with Gasteiger partial charge in [0.15, 0.2) is 0 Å². The van der Waals surface area contributed by atoms with E-state index in [0.29, 0.717) is 5.92 Å². The molecule has 1 aromatic rings. The van der Waals surface area contributed by atoms with Crippen molar-refractivity contribution in [2.45, 2.75) is 12.8 Å². The SMILES string of the molecule is COCCCN1CC[C@@H](CNc2ncccn2)C1. The van der Waals surface area contributed by atoms with E-state index < -0.39 is 0 Å². The lowest BCUT2D eigenvalue weighted by Gasteiger charge is -2.15. The molecule has 0 bridgehead atoms. The van der Waals surface area contributed by atoms with Crippen LogP contribution >= 0.6 is 0 Å². The number of rotatable bonds is 7. The molecule has 1 aliphatic heterocycles. The van der Waals surface area contributed by atoms with Gasteiger partial charge in [0, 0.05) is 45.7 Å². The van der Waals surface area contributed by atoms with E-state index in [1.807, 2.05) is 6.07 Å². The Labute approximate surface area is 109 Å². The van der Waals surface area contributed by atoms with Crippen molar-refractivity contribution in [1.82, 2.24) is 14.9 Å². The van der Waals surface area contributed by atoms with Gasteiger partial charge in [0.2, 0.25) is 5.95 Å². The molecule has 0 saturated carbocycles. The van der Waals surface area contributed by atoms with Gasteiger partial charge in [0.1, 0.15) is 0 Å². The third-order valence-electron chi connectivity index (χ3n) is 3.31. The molecule has 1 atom stereocenters. The molecular formula is C13H22N4O. The highest BCUT2D eigenvalue weighted by atomic mass is 16.5. The van der Waals surface area contributed by atoms with Gasteiger partial charge in [-0.05, 0) is 31.4 Å². The van der Waals surface area contributed by atoms with Crippen molar-refractivity contribution in [2.75, 3.05) is 45.2 Å².